The highest BCUT2D eigenvalue weighted by Gasteiger charge is 2.35. The SMILES string of the molecule is CC(C)(OC(=O)C(Br)c1ccccc1)C1CCCNC1. The first kappa shape index (κ1) is 15.5. The standard InChI is InChI=1S/C16H22BrNO2/c1-16(2,13-9-6-10-18-11-13)20-15(19)14(17)12-7-4-3-5-8-12/h3-5,7-8,13-14,18H,6,9-11H2,1-2H3. The van der Waals surface area contributed by atoms with E-state index in [-0.39, 0.29) is 5.97 Å². The van der Waals surface area contributed by atoms with E-state index >= 15 is 0 Å². The Morgan fingerprint density at radius 1 is 1.40 bits per heavy atom. The summed E-state index contributed by atoms with van der Waals surface area (Å²) in [7, 11) is 0. The molecule has 1 fully saturated rings. The maximum absolute atomic E-state index is 12.3. The molecule has 2 atom stereocenters. The van der Waals surface area contributed by atoms with Crippen molar-refractivity contribution in [3.63, 3.8) is 0 Å². The molecule has 0 aromatic heterocycles. The Balaban J connectivity index is 1.99. The predicted molar refractivity (Wildman–Crippen MR) is 83.9 cm³/mol. The molecule has 3 nitrogen and oxygen atoms in total. The molecule has 0 aliphatic carbocycles. The Kier molecular flexibility index (Phi) is 5.22. The molecule has 0 bridgehead atoms. The average Bonchev–Trinajstić information content (AvgIpc) is 2.48. The Hall–Kier alpha value is -0.870. The summed E-state index contributed by atoms with van der Waals surface area (Å²) in [6.07, 6.45) is 2.24. The van der Waals surface area contributed by atoms with E-state index in [0.29, 0.717) is 5.92 Å². The minimum absolute atomic E-state index is 0.216. The topological polar surface area (TPSA) is 38.3 Å². The molecule has 0 amide bonds. The summed E-state index contributed by atoms with van der Waals surface area (Å²) in [6.45, 7) is 5.99. The molecule has 110 valence electrons. The van der Waals surface area contributed by atoms with Crippen molar-refractivity contribution >= 4 is 21.9 Å². The van der Waals surface area contributed by atoms with Gasteiger partial charge in [0, 0.05) is 12.5 Å². The minimum Gasteiger partial charge on any atom is -0.458 e. The van der Waals surface area contributed by atoms with Gasteiger partial charge in [0.1, 0.15) is 10.4 Å². The van der Waals surface area contributed by atoms with Crippen LogP contribution < -0.4 is 5.32 Å². The Morgan fingerprint density at radius 2 is 2.10 bits per heavy atom. The van der Waals surface area contributed by atoms with E-state index in [9.17, 15) is 4.79 Å². The van der Waals surface area contributed by atoms with Gasteiger partial charge < -0.3 is 10.1 Å². The van der Waals surface area contributed by atoms with Crippen molar-refractivity contribution in [1.29, 1.82) is 0 Å². The van der Waals surface area contributed by atoms with Gasteiger partial charge in [-0.05, 0) is 38.8 Å². The lowest BCUT2D eigenvalue weighted by molar-refractivity contribution is -0.161. The zero-order valence-electron chi connectivity index (χ0n) is 12.1. The van der Waals surface area contributed by atoms with Crippen molar-refractivity contribution in [3.05, 3.63) is 35.9 Å². The predicted octanol–water partition coefficient (Wildman–Crippen LogP) is 3.44. The molecular weight excluding hydrogens is 318 g/mol. The largest absolute Gasteiger partial charge is 0.458 e. The highest BCUT2D eigenvalue weighted by Crippen LogP contribution is 2.31. The van der Waals surface area contributed by atoms with Crippen LogP contribution in [0.15, 0.2) is 30.3 Å². The first-order valence-corrected chi connectivity index (χ1v) is 8.05. The number of rotatable bonds is 4. The molecule has 20 heavy (non-hydrogen) atoms. The maximum atomic E-state index is 12.3. The van der Waals surface area contributed by atoms with Crippen LogP contribution in [-0.4, -0.2) is 24.7 Å². The van der Waals surface area contributed by atoms with Crippen LogP contribution in [0.3, 0.4) is 0 Å². The number of carbonyl (C=O) groups excluding carboxylic acids is 1. The second-order valence-electron chi connectivity index (χ2n) is 5.84. The number of halogens is 1. The number of piperidine rings is 1. The molecule has 1 N–H and O–H groups in total. The van der Waals surface area contributed by atoms with Gasteiger partial charge in [-0.15, -0.1) is 0 Å². The van der Waals surface area contributed by atoms with Crippen LogP contribution in [0.1, 0.15) is 37.1 Å². The summed E-state index contributed by atoms with van der Waals surface area (Å²) < 4.78 is 5.77. The summed E-state index contributed by atoms with van der Waals surface area (Å²) in [4.78, 5) is 11.9. The third-order valence-corrected chi connectivity index (χ3v) is 4.85. The van der Waals surface area contributed by atoms with Crippen molar-refractivity contribution in [1.82, 2.24) is 5.32 Å². The van der Waals surface area contributed by atoms with Gasteiger partial charge in [0.25, 0.3) is 0 Å². The second kappa shape index (κ2) is 6.72. The molecule has 0 saturated carbocycles. The second-order valence-corrected chi connectivity index (χ2v) is 6.76. The Morgan fingerprint density at radius 3 is 2.70 bits per heavy atom. The van der Waals surface area contributed by atoms with Crippen LogP contribution in [0, 0.1) is 5.92 Å². The van der Waals surface area contributed by atoms with Crippen molar-refractivity contribution in [2.24, 2.45) is 5.92 Å². The van der Waals surface area contributed by atoms with E-state index in [1.54, 1.807) is 0 Å². The van der Waals surface area contributed by atoms with Crippen LogP contribution in [0.2, 0.25) is 0 Å². The number of nitrogens with one attached hydrogen (secondary N) is 1. The molecule has 1 saturated heterocycles. The van der Waals surface area contributed by atoms with Gasteiger partial charge in [-0.2, -0.15) is 0 Å². The summed E-state index contributed by atoms with van der Waals surface area (Å²) in [5.41, 5.74) is 0.487. The van der Waals surface area contributed by atoms with Gasteiger partial charge in [-0.25, -0.2) is 0 Å². The van der Waals surface area contributed by atoms with Gasteiger partial charge in [-0.1, -0.05) is 46.3 Å². The zero-order chi connectivity index (χ0) is 14.6. The van der Waals surface area contributed by atoms with Gasteiger partial charge >= 0.3 is 5.97 Å². The molecule has 4 heteroatoms. The number of hydrogen-bond donors (Lipinski definition) is 1. The molecule has 1 aliphatic rings. The fourth-order valence-corrected chi connectivity index (χ4v) is 3.00. The van der Waals surface area contributed by atoms with E-state index in [0.717, 1.165) is 31.5 Å². The van der Waals surface area contributed by atoms with Crippen LogP contribution >= 0.6 is 15.9 Å². The first-order valence-electron chi connectivity index (χ1n) is 7.13. The molecule has 1 aromatic carbocycles. The van der Waals surface area contributed by atoms with Crippen LogP contribution in [-0.2, 0) is 9.53 Å². The van der Waals surface area contributed by atoms with Crippen molar-refractivity contribution in [2.45, 2.75) is 37.1 Å². The van der Waals surface area contributed by atoms with Crippen molar-refractivity contribution in [2.75, 3.05) is 13.1 Å². The lowest BCUT2D eigenvalue weighted by atomic mass is 9.84. The Bertz CT molecular complexity index is 441. The van der Waals surface area contributed by atoms with Crippen LogP contribution in [0.5, 0.6) is 0 Å². The summed E-state index contributed by atoms with van der Waals surface area (Å²) in [5.74, 6) is 0.155. The number of hydrogen-bond acceptors (Lipinski definition) is 3. The van der Waals surface area contributed by atoms with Crippen LogP contribution in [0.4, 0.5) is 0 Å². The molecular formula is C16H22BrNO2. The third kappa shape index (κ3) is 3.83. The average molecular weight is 340 g/mol. The molecule has 0 radical (unpaired) electrons. The van der Waals surface area contributed by atoms with Gasteiger partial charge in [-0.3, -0.25) is 4.79 Å². The monoisotopic (exact) mass is 339 g/mol. The summed E-state index contributed by atoms with van der Waals surface area (Å²) >= 11 is 3.44. The summed E-state index contributed by atoms with van der Waals surface area (Å²) in [6, 6.07) is 9.64. The van der Waals surface area contributed by atoms with Crippen LogP contribution in [0.25, 0.3) is 0 Å². The number of ether oxygens (including phenoxy) is 1. The van der Waals surface area contributed by atoms with Crippen molar-refractivity contribution in [3.8, 4) is 0 Å². The molecule has 2 unspecified atom stereocenters. The highest BCUT2D eigenvalue weighted by atomic mass is 79.9. The minimum atomic E-state index is -0.439. The third-order valence-electron chi connectivity index (χ3n) is 3.94. The smallest absolute Gasteiger partial charge is 0.324 e. The quantitative estimate of drug-likeness (QED) is 0.674. The molecule has 1 aliphatic heterocycles. The lowest BCUT2D eigenvalue weighted by Crippen LogP contribution is -2.45. The maximum Gasteiger partial charge on any atom is 0.324 e. The number of carbonyl (C=O) groups is 1. The van der Waals surface area contributed by atoms with E-state index < -0.39 is 10.4 Å². The molecule has 1 aromatic rings. The first-order chi connectivity index (χ1) is 9.50. The van der Waals surface area contributed by atoms with E-state index in [1.807, 2.05) is 44.2 Å². The van der Waals surface area contributed by atoms with Gasteiger partial charge in [0.15, 0.2) is 0 Å². The normalized spacial score (nSPS) is 21.2. The highest BCUT2D eigenvalue weighted by molar-refractivity contribution is 9.09. The number of benzene rings is 1. The number of alkyl halides is 1. The Labute approximate surface area is 129 Å². The lowest BCUT2D eigenvalue weighted by Gasteiger charge is -2.37. The van der Waals surface area contributed by atoms with E-state index in [1.165, 1.54) is 0 Å². The molecule has 2 rings (SSSR count). The van der Waals surface area contributed by atoms with Crippen molar-refractivity contribution < 1.29 is 9.53 Å². The fourth-order valence-electron chi connectivity index (χ4n) is 2.60. The molecule has 0 spiro atoms. The van der Waals surface area contributed by atoms with Gasteiger partial charge in [0.05, 0.1) is 0 Å². The van der Waals surface area contributed by atoms with E-state index in [2.05, 4.69) is 21.2 Å². The fraction of sp³-hybridized carbons (Fsp3) is 0.562. The molecule has 1 heterocycles. The number of esters is 1. The van der Waals surface area contributed by atoms with E-state index in [4.69, 9.17) is 4.74 Å². The zero-order valence-corrected chi connectivity index (χ0v) is 13.7. The summed E-state index contributed by atoms with van der Waals surface area (Å²) in [5, 5.41) is 3.37. The van der Waals surface area contributed by atoms with Gasteiger partial charge in [0.2, 0.25) is 0 Å².